The van der Waals surface area contributed by atoms with Crippen molar-refractivity contribution in [1.82, 2.24) is 9.97 Å². The molecule has 2 heterocycles. The van der Waals surface area contributed by atoms with Gasteiger partial charge in [-0.25, -0.2) is 18.2 Å². The molecule has 0 amide bonds. The standard InChI is InChI=1S/C17H13ClN4O2S.C2HF3O2/c18-15-9-19-17-21-13-5-2-6-14(8-13)25(23,24)10-11-3-1-4-12(7-11)20-16(15)22-17;3-2(4,5)1(6)7/h1-9H,10H2,(H2,19,20,21,22);(H,6,7). The lowest BCUT2D eigenvalue weighted by Gasteiger charge is -2.10. The van der Waals surface area contributed by atoms with Gasteiger partial charge in [0.25, 0.3) is 0 Å². The highest BCUT2D eigenvalue weighted by molar-refractivity contribution is 7.90. The number of aromatic nitrogens is 2. The van der Waals surface area contributed by atoms with Crippen LogP contribution in [-0.4, -0.2) is 35.6 Å². The fourth-order valence-corrected chi connectivity index (χ4v) is 4.11. The predicted octanol–water partition coefficient (Wildman–Crippen LogP) is 4.54. The van der Waals surface area contributed by atoms with Gasteiger partial charge in [-0.2, -0.15) is 18.2 Å². The lowest BCUT2D eigenvalue weighted by atomic mass is 10.2. The Labute approximate surface area is 185 Å². The van der Waals surface area contributed by atoms with Crippen LogP contribution in [0.25, 0.3) is 0 Å². The van der Waals surface area contributed by atoms with E-state index in [0.717, 1.165) is 0 Å². The number of rotatable bonds is 0. The summed E-state index contributed by atoms with van der Waals surface area (Å²) in [6.45, 7) is 0. The van der Waals surface area contributed by atoms with Gasteiger partial charge in [0.1, 0.15) is 5.02 Å². The van der Waals surface area contributed by atoms with Crippen molar-refractivity contribution in [2.24, 2.45) is 0 Å². The van der Waals surface area contributed by atoms with Crippen molar-refractivity contribution in [3.8, 4) is 0 Å². The summed E-state index contributed by atoms with van der Waals surface area (Å²) in [5.74, 6) is -2.10. The summed E-state index contributed by atoms with van der Waals surface area (Å²) in [6, 6.07) is 13.7. The summed E-state index contributed by atoms with van der Waals surface area (Å²) in [5, 5.41) is 13.6. The Morgan fingerprint density at radius 2 is 1.69 bits per heavy atom. The molecule has 0 atom stereocenters. The van der Waals surface area contributed by atoms with Crippen LogP contribution in [0.5, 0.6) is 0 Å². The molecule has 1 aliphatic rings. The van der Waals surface area contributed by atoms with Gasteiger partial charge in [0.05, 0.1) is 16.8 Å². The van der Waals surface area contributed by atoms with Gasteiger partial charge in [-0.05, 0) is 35.9 Å². The number of carbonyl (C=O) groups is 1. The molecular formula is C19H14ClF3N4O4S. The third kappa shape index (κ3) is 5.86. The summed E-state index contributed by atoms with van der Waals surface area (Å²) >= 11 is 6.17. The minimum absolute atomic E-state index is 0.0943. The molecule has 168 valence electrons. The molecule has 13 heteroatoms. The summed E-state index contributed by atoms with van der Waals surface area (Å²) in [4.78, 5) is 17.6. The average Bonchev–Trinajstić information content (AvgIpc) is 2.70. The third-order valence-electron chi connectivity index (χ3n) is 3.98. The molecular weight excluding hydrogens is 473 g/mol. The van der Waals surface area contributed by atoms with Gasteiger partial charge in [0.2, 0.25) is 5.95 Å². The van der Waals surface area contributed by atoms with E-state index in [1.165, 1.54) is 6.20 Å². The van der Waals surface area contributed by atoms with E-state index < -0.39 is 22.0 Å². The van der Waals surface area contributed by atoms with Crippen LogP contribution >= 0.6 is 11.6 Å². The summed E-state index contributed by atoms with van der Waals surface area (Å²) in [7, 11) is -3.48. The van der Waals surface area contributed by atoms with E-state index in [1.807, 2.05) is 6.07 Å². The van der Waals surface area contributed by atoms with Crippen molar-refractivity contribution < 1.29 is 31.5 Å². The van der Waals surface area contributed by atoms with Gasteiger partial charge in [0.15, 0.2) is 15.7 Å². The molecule has 3 N–H and O–H groups in total. The summed E-state index contributed by atoms with van der Waals surface area (Å²) in [6.07, 6.45) is -3.59. The Morgan fingerprint density at radius 3 is 2.34 bits per heavy atom. The van der Waals surface area contributed by atoms with Gasteiger partial charge in [-0.15, -0.1) is 0 Å². The molecule has 3 aromatic rings. The fraction of sp³-hybridized carbons (Fsp3) is 0.105. The van der Waals surface area contributed by atoms with E-state index in [0.29, 0.717) is 33.7 Å². The molecule has 0 spiro atoms. The molecule has 4 rings (SSSR count). The van der Waals surface area contributed by atoms with Crippen LogP contribution in [0.1, 0.15) is 5.56 Å². The van der Waals surface area contributed by atoms with E-state index in [1.54, 1.807) is 42.5 Å². The van der Waals surface area contributed by atoms with Crippen molar-refractivity contribution >= 4 is 50.5 Å². The summed E-state index contributed by atoms with van der Waals surface area (Å²) < 4.78 is 57.2. The van der Waals surface area contributed by atoms with Crippen LogP contribution in [0.2, 0.25) is 5.02 Å². The fourth-order valence-electron chi connectivity index (χ4n) is 2.59. The lowest BCUT2D eigenvalue weighted by Crippen LogP contribution is -2.21. The number of carboxylic acid groups (broad SMARTS) is 1. The quantitative estimate of drug-likeness (QED) is 0.423. The minimum Gasteiger partial charge on any atom is -0.475 e. The number of aliphatic carboxylic acids is 1. The van der Waals surface area contributed by atoms with Crippen LogP contribution in [0, 0.1) is 0 Å². The maximum Gasteiger partial charge on any atom is 0.490 e. The average molecular weight is 487 g/mol. The maximum atomic E-state index is 12.7. The molecule has 0 saturated heterocycles. The number of hydrogen-bond donors (Lipinski definition) is 3. The van der Waals surface area contributed by atoms with Crippen LogP contribution in [-0.2, 0) is 20.4 Å². The Bertz CT molecular complexity index is 1270. The Balaban J connectivity index is 0.000000360. The number of carboxylic acids is 1. The van der Waals surface area contributed by atoms with Crippen molar-refractivity contribution in [3.63, 3.8) is 0 Å². The van der Waals surface area contributed by atoms with E-state index in [4.69, 9.17) is 21.5 Å². The van der Waals surface area contributed by atoms with Gasteiger partial charge in [0, 0.05) is 11.4 Å². The Morgan fingerprint density at radius 1 is 1.06 bits per heavy atom. The number of nitrogens with one attached hydrogen (secondary N) is 2. The monoisotopic (exact) mass is 486 g/mol. The molecule has 8 nitrogen and oxygen atoms in total. The van der Waals surface area contributed by atoms with Gasteiger partial charge in [-0.1, -0.05) is 29.8 Å². The number of fused-ring (bicyclic) bond motifs is 6. The number of halogens is 4. The highest BCUT2D eigenvalue weighted by Crippen LogP contribution is 2.28. The van der Waals surface area contributed by atoms with Gasteiger partial charge in [-0.3, -0.25) is 0 Å². The number of hydrogen-bond acceptors (Lipinski definition) is 7. The Kier molecular flexibility index (Phi) is 6.55. The number of anilines is 4. The number of alkyl halides is 3. The zero-order chi connectivity index (χ0) is 23.5. The van der Waals surface area contributed by atoms with E-state index in [2.05, 4.69) is 20.6 Å². The first-order chi connectivity index (χ1) is 14.9. The van der Waals surface area contributed by atoms with Crippen molar-refractivity contribution in [2.45, 2.75) is 16.8 Å². The molecule has 0 aliphatic carbocycles. The first-order valence-electron chi connectivity index (χ1n) is 8.72. The van der Waals surface area contributed by atoms with E-state index in [9.17, 15) is 21.6 Å². The van der Waals surface area contributed by atoms with Crippen LogP contribution in [0.4, 0.5) is 36.3 Å². The second-order valence-corrected chi connectivity index (χ2v) is 8.83. The number of sulfone groups is 1. The molecule has 6 bridgehead atoms. The largest absolute Gasteiger partial charge is 0.490 e. The van der Waals surface area contributed by atoms with Crippen molar-refractivity contribution in [2.75, 3.05) is 10.6 Å². The molecule has 32 heavy (non-hydrogen) atoms. The topological polar surface area (TPSA) is 121 Å². The van der Waals surface area contributed by atoms with Crippen LogP contribution in [0.15, 0.2) is 59.6 Å². The van der Waals surface area contributed by atoms with E-state index in [-0.39, 0.29) is 10.6 Å². The van der Waals surface area contributed by atoms with Gasteiger partial charge < -0.3 is 15.7 Å². The van der Waals surface area contributed by atoms with Gasteiger partial charge >= 0.3 is 12.1 Å². The highest BCUT2D eigenvalue weighted by Gasteiger charge is 2.38. The maximum absolute atomic E-state index is 12.7. The zero-order valence-electron chi connectivity index (χ0n) is 15.9. The number of nitrogens with zero attached hydrogens (tertiary/aromatic N) is 2. The SMILES string of the molecule is O=C(O)C(F)(F)F.O=S1(=O)Cc2cccc(c2)Nc2nc(ncc2Cl)Nc2cccc1c2. The van der Waals surface area contributed by atoms with Crippen molar-refractivity contribution in [3.05, 3.63) is 65.3 Å². The molecule has 1 aromatic heterocycles. The first-order valence-corrected chi connectivity index (χ1v) is 10.8. The zero-order valence-corrected chi connectivity index (χ0v) is 17.5. The van der Waals surface area contributed by atoms with Crippen molar-refractivity contribution in [1.29, 1.82) is 0 Å². The first kappa shape index (κ1) is 23.3. The molecule has 0 fully saturated rings. The normalized spacial score (nSPS) is 14.1. The molecule has 1 aliphatic heterocycles. The van der Waals surface area contributed by atoms with E-state index >= 15 is 0 Å². The molecule has 0 unspecified atom stereocenters. The second kappa shape index (κ2) is 9.01. The molecule has 0 saturated carbocycles. The highest BCUT2D eigenvalue weighted by atomic mass is 35.5. The second-order valence-electron chi connectivity index (χ2n) is 6.43. The van der Waals surface area contributed by atoms with Crippen LogP contribution in [0.3, 0.4) is 0 Å². The lowest BCUT2D eigenvalue weighted by molar-refractivity contribution is -0.192. The minimum atomic E-state index is -5.08. The predicted molar refractivity (Wildman–Crippen MR) is 111 cm³/mol. The van der Waals surface area contributed by atoms with Crippen LogP contribution < -0.4 is 10.6 Å². The smallest absolute Gasteiger partial charge is 0.475 e. The Hall–Kier alpha value is -3.38. The third-order valence-corrected chi connectivity index (χ3v) is 5.94. The summed E-state index contributed by atoms with van der Waals surface area (Å²) in [5.41, 5.74) is 1.96. The molecule has 0 radical (unpaired) electrons. The molecule has 2 aromatic carbocycles. The number of benzene rings is 2.